The normalized spacial score (nSPS) is 10.9. The van der Waals surface area contributed by atoms with Crippen molar-refractivity contribution in [1.82, 2.24) is 0 Å². The highest BCUT2D eigenvalue weighted by Crippen LogP contribution is 2.48. The maximum absolute atomic E-state index is 12.0. The Kier molecular flexibility index (Phi) is 14.2. The lowest BCUT2D eigenvalue weighted by atomic mass is 10.1. The Labute approximate surface area is 203 Å². The van der Waals surface area contributed by atoms with Gasteiger partial charge in [-0.05, 0) is 12.8 Å². The van der Waals surface area contributed by atoms with Crippen LogP contribution in [0.1, 0.15) is 77.6 Å². The van der Waals surface area contributed by atoms with Crippen LogP contribution in [0.15, 0.2) is 0 Å². The quantitative estimate of drug-likeness (QED) is 0.0809. The summed E-state index contributed by atoms with van der Waals surface area (Å²) in [6.45, 7) is 2.61. The fourth-order valence-corrected chi connectivity index (χ4v) is 3.91. The summed E-state index contributed by atoms with van der Waals surface area (Å²) in [6.07, 6.45) is 9.80. The van der Waals surface area contributed by atoms with Crippen LogP contribution in [0.2, 0.25) is 25.1 Å². The molecule has 9 heteroatoms. The zero-order chi connectivity index (χ0) is 22.5. The Morgan fingerprint density at radius 1 is 0.633 bits per heavy atom. The number of ether oxygens (including phenoxy) is 2. The first kappa shape index (κ1) is 27.6. The molecule has 0 saturated heterocycles. The van der Waals surface area contributed by atoms with E-state index >= 15 is 0 Å². The number of hydrogen-bond donors (Lipinski definition) is 0. The lowest BCUT2D eigenvalue weighted by Crippen LogP contribution is -2.11. The number of carbonyl (C=O) groups excluding carboxylic acids is 2. The molecule has 0 N–H and O–H groups in total. The van der Waals surface area contributed by atoms with Gasteiger partial charge in [0.15, 0.2) is 5.75 Å². The fraction of sp³-hybridized carbons (Fsp3) is 0.619. The Bertz CT molecular complexity index is 680. The molecule has 1 aromatic carbocycles. The molecule has 0 heterocycles. The van der Waals surface area contributed by atoms with Gasteiger partial charge in [-0.25, -0.2) is 0 Å². The van der Waals surface area contributed by atoms with Gasteiger partial charge in [0.2, 0.25) is 0 Å². The van der Waals surface area contributed by atoms with Gasteiger partial charge in [-0.15, -0.1) is 0 Å². The monoisotopic (exact) mass is 518 g/mol. The summed E-state index contributed by atoms with van der Waals surface area (Å²) in [5, 5.41) is -0.337. The van der Waals surface area contributed by atoms with E-state index in [0.29, 0.717) is 6.61 Å². The second-order valence-electron chi connectivity index (χ2n) is 6.92. The Morgan fingerprint density at radius 3 is 1.67 bits per heavy atom. The van der Waals surface area contributed by atoms with Crippen molar-refractivity contribution in [3.05, 3.63) is 25.1 Å². The number of esters is 2. The molecule has 170 valence electrons. The average Bonchev–Trinajstić information content (AvgIpc) is 2.72. The SMILES string of the molecule is CCCCCCCCCCOC(=O)CCCC(=O)Oc1c(Cl)c(Cl)c(Cl)c(Cl)c1Cl. The molecule has 1 rings (SSSR count). The zero-order valence-corrected chi connectivity index (χ0v) is 20.8. The van der Waals surface area contributed by atoms with Crippen LogP contribution in [0, 0.1) is 0 Å². The molecule has 0 radical (unpaired) electrons. The van der Waals surface area contributed by atoms with Crippen LogP contribution < -0.4 is 4.74 Å². The van der Waals surface area contributed by atoms with Crippen molar-refractivity contribution in [1.29, 1.82) is 0 Å². The maximum Gasteiger partial charge on any atom is 0.311 e. The predicted octanol–water partition coefficient (Wildman–Crippen LogP) is 8.71. The predicted molar refractivity (Wildman–Crippen MR) is 125 cm³/mol. The van der Waals surface area contributed by atoms with Crippen LogP contribution in [0.5, 0.6) is 5.75 Å². The smallest absolute Gasteiger partial charge is 0.311 e. The number of halogens is 5. The number of rotatable bonds is 14. The molecule has 0 spiro atoms. The van der Waals surface area contributed by atoms with Crippen molar-refractivity contribution in [3.63, 3.8) is 0 Å². The molecule has 0 fully saturated rings. The van der Waals surface area contributed by atoms with Crippen molar-refractivity contribution in [2.24, 2.45) is 0 Å². The number of unbranched alkanes of at least 4 members (excludes halogenated alkanes) is 7. The van der Waals surface area contributed by atoms with Crippen molar-refractivity contribution >= 4 is 69.9 Å². The fourth-order valence-electron chi connectivity index (χ4n) is 2.71. The molecule has 0 aliphatic rings. The van der Waals surface area contributed by atoms with E-state index in [1.54, 1.807) is 0 Å². The second kappa shape index (κ2) is 15.4. The van der Waals surface area contributed by atoms with Crippen LogP contribution in [-0.4, -0.2) is 18.5 Å². The topological polar surface area (TPSA) is 52.6 Å². The van der Waals surface area contributed by atoms with Gasteiger partial charge in [-0.3, -0.25) is 9.59 Å². The summed E-state index contributed by atoms with van der Waals surface area (Å²) in [4.78, 5) is 23.8. The first-order valence-corrected chi connectivity index (χ1v) is 12.1. The zero-order valence-electron chi connectivity index (χ0n) is 17.0. The molecule has 0 amide bonds. The summed E-state index contributed by atoms with van der Waals surface area (Å²) in [5.74, 6) is -1.11. The number of carbonyl (C=O) groups is 2. The third-order valence-electron chi connectivity index (χ3n) is 4.41. The second-order valence-corrected chi connectivity index (χ2v) is 8.81. The van der Waals surface area contributed by atoms with E-state index in [2.05, 4.69) is 6.92 Å². The van der Waals surface area contributed by atoms with Gasteiger partial charge in [-0.1, -0.05) is 110 Å². The molecule has 30 heavy (non-hydrogen) atoms. The van der Waals surface area contributed by atoms with Gasteiger partial charge in [-0.2, -0.15) is 0 Å². The minimum absolute atomic E-state index is 0.0165. The van der Waals surface area contributed by atoms with Gasteiger partial charge in [0.1, 0.15) is 10.0 Å². The number of benzene rings is 1. The highest BCUT2D eigenvalue weighted by Gasteiger charge is 2.22. The lowest BCUT2D eigenvalue weighted by Gasteiger charge is -2.12. The molecule has 1 aromatic rings. The molecule has 0 atom stereocenters. The molecule has 4 nitrogen and oxygen atoms in total. The van der Waals surface area contributed by atoms with E-state index in [9.17, 15) is 9.59 Å². The van der Waals surface area contributed by atoms with Crippen molar-refractivity contribution < 1.29 is 19.1 Å². The van der Waals surface area contributed by atoms with Gasteiger partial charge in [0, 0.05) is 12.8 Å². The van der Waals surface area contributed by atoms with E-state index in [0.717, 1.165) is 19.3 Å². The molecule has 0 aliphatic carbocycles. The molecule has 0 bridgehead atoms. The standard InChI is InChI=1S/C21H27Cl5O4/c1-2-3-4-5-6-7-8-9-13-29-14(27)11-10-12-15(28)30-21-19(25)17(23)16(22)18(24)20(21)26/h2-13H2,1H3. The first-order chi connectivity index (χ1) is 14.3. The first-order valence-electron chi connectivity index (χ1n) is 10.2. The van der Waals surface area contributed by atoms with Crippen molar-refractivity contribution in [2.75, 3.05) is 6.61 Å². The molecule has 0 aromatic heterocycles. The molecule has 0 unspecified atom stereocenters. The number of hydrogen-bond acceptors (Lipinski definition) is 4. The largest absolute Gasteiger partial charge is 0.466 e. The van der Waals surface area contributed by atoms with E-state index < -0.39 is 5.97 Å². The summed E-state index contributed by atoms with van der Waals surface area (Å²) in [7, 11) is 0. The van der Waals surface area contributed by atoms with Crippen LogP contribution in [0.25, 0.3) is 0 Å². The highest BCUT2D eigenvalue weighted by molar-refractivity contribution is 6.55. The summed E-state index contributed by atoms with van der Waals surface area (Å²) < 4.78 is 10.3. The minimum Gasteiger partial charge on any atom is -0.466 e. The summed E-state index contributed by atoms with van der Waals surface area (Å²) >= 11 is 29.8. The summed E-state index contributed by atoms with van der Waals surface area (Å²) in [6, 6.07) is 0. The highest BCUT2D eigenvalue weighted by atomic mass is 35.5. The van der Waals surface area contributed by atoms with Gasteiger partial charge in [0.05, 0.1) is 21.7 Å². The molecular formula is C21H27Cl5O4. The third-order valence-corrected chi connectivity index (χ3v) is 6.65. The van der Waals surface area contributed by atoms with Crippen LogP contribution >= 0.6 is 58.0 Å². The van der Waals surface area contributed by atoms with Crippen LogP contribution in [0.4, 0.5) is 0 Å². The Hall–Kier alpha value is -0.390. The van der Waals surface area contributed by atoms with Gasteiger partial charge >= 0.3 is 11.9 Å². The van der Waals surface area contributed by atoms with E-state index in [4.69, 9.17) is 67.5 Å². The Morgan fingerprint density at radius 2 is 1.10 bits per heavy atom. The lowest BCUT2D eigenvalue weighted by molar-refractivity contribution is -0.144. The van der Waals surface area contributed by atoms with Crippen molar-refractivity contribution in [3.8, 4) is 5.75 Å². The molecule has 0 aliphatic heterocycles. The van der Waals surface area contributed by atoms with Crippen LogP contribution in [0.3, 0.4) is 0 Å². The maximum atomic E-state index is 12.0. The van der Waals surface area contributed by atoms with E-state index in [1.165, 1.54) is 32.1 Å². The minimum atomic E-state index is -0.621. The van der Waals surface area contributed by atoms with E-state index in [-0.39, 0.29) is 56.1 Å². The molecular weight excluding hydrogens is 493 g/mol. The van der Waals surface area contributed by atoms with Gasteiger partial charge in [0.25, 0.3) is 0 Å². The van der Waals surface area contributed by atoms with Crippen LogP contribution in [-0.2, 0) is 14.3 Å². The third kappa shape index (κ3) is 9.82. The van der Waals surface area contributed by atoms with Crippen molar-refractivity contribution in [2.45, 2.75) is 77.6 Å². The van der Waals surface area contributed by atoms with Gasteiger partial charge < -0.3 is 9.47 Å². The molecule has 0 saturated carbocycles. The Balaban J connectivity index is 2.22. The average molecular weight is 521 g/mol. The van der Waals surface area contributed by atoms with E-state index in [1.807, 2.05) is 0 Å². The summed E-state index contributed by atoms with van der Waals surface area (Å²) in [5.41, 5.74) is 0.